The molecule has 1 aliphatic carbocycles. The Labute approximate surface area is 320 Å². The Balaban J connectivity index is 0.830. The van der Waals surface area contributed by atoms with Gasteiger partial charge in [0.15, 0.2) is 0 Å². The first-order valence-corrected chi connectivity index (χ1v) is 20.7. The number of aromatic hydroxyl groups is 1. The van der Waals surface area contributed by atoms with E-state index < -0.39 is 6.04 Å². The molecule has 0 aromatic heterocycles. The minimum atomic E-state index is -0.582. The van der Waals surface area contributed by atoms with Crippen LogP contribution in [0, 0.1) is 17.8 Å². The molecule has 3 unspecified atom stereocenters. The second kappa shape index (κ2) is 15.8. The normalized spacial score (nSPS) is 23.9. The van der Waals surface area contributed by atoms with Gasteiger partial charge >= 0.3 is 0 Å². The number of phenols is 1. The van der Waals surface area contributed by atoms with E-state index in [4.69, 9.17) is 0 Å². The van der Waals surface area contributed by atoms with Gasteiger partial charge in [-0.3, -0.25) is 24.6 Å². The monoisotopic (exact) mass is 731 g/mol. The van der Waals surface area contributed by atoms with Crippen LogP contribution in [-0.2, 0) is 22.6 Å². The zero-order chi connectivity index (χ0) is 37.3. The Morgan fingerprint density at radius 1 is 0.759 bits per heavy atom. The van der Waals surface area contributed by atoms with E-state index in [1.54, 1.807) is 4.90 Å². The van der Waals surface area contributed by atoms with Crippen molar-refractivity contribution >= 4 is 29.1 Å². The van der Waals surface area contributed by atoms with E-state index in [-0.39, 0.29) is 24.1 Å². The summed E-state index contributed by atoms with van der Waals surface area (Å²) >= 11 is 0. The Morgan fingerprint density at radius 2 is 1.48 bits per heavy atom. The van der Waals surface area contributed by atoms with Crippen molar-refractivity contribution in [1.82, 2.24) is 15.1 Å². The van der Waals surface area contributed by atoms with Crippen LogP contribution in [0.25, 0.3) is 0 Å². The molecule has 3 amide bonds. The van der Waals surface area contributed by atoms with Crippen LogP contribution in [0.1, 0.15) is 104 Å². The Hall–Kier alpha value is -4.37. The summed E-state index contributed by atoms with van der Waals surface area (Å²) in [5, 5.41) is 12.6. The third-order valence-electron chi connectivity index (χ3n) is 13.5. The molecule has 9 heteroatoms. The van der Waals surface area contributed by atoms with Crippen molar-refractivity contribution < 1.29 is 19.5 Å². The lowest BCUT2D eigenvalue weighted by molar-refractivity contribution is -0.136. The van der Waals surface area contributed by atoms with Gasteiger partial charge in [0.1, 0.15) is 11.8 Å². The number of nitrogens with one attached hydrogen (secondary N) is 1. The third kappa shape index (κ3) is 7.48. The molecule has 5 aliphatic rings. The highest BCUT2D eigenvalue weighted by Crippen LogP contribution is 2.45. The molecule has 2 N–H and O–H groups in total. The van der Waals surface area contributed by atoms with Gasteiger partial charge in [-0.1, -0.05) is 44.9 Å². The Morgan fingerprint density at radius 3 is 2.20 bits per heavy atom. The fourth-order valence-corrected chi connectivity index (χ4v) is 10.2. The number of nitrogens with zero attached hydrogens (tertiary/aromatic N) is 4. The highest BCUT2D eigenvalue weighted by molar-refractivity contribution is 6.05. The molecular formula is C45H57N5O4. The molecule has 4 heterocycles. The van der Waals surface area contributed by atoms with Crippen molar-refractivity contribution in [1.29, 1.82) is 0 Å². The van der Waals surface area contributed by atoms with Crippen molar-refractivity contribution in [3.05, 3.63) is 88.5 Å². The van der Waals surface area contributed by atoms with E-state index in [2.05, 4.69) is 76.3 Å². The van der Waals surface area contributed by atoms with E-state index in [0.29, 0.717) is 42.0 Å². The molecule has 8 rings (SSSR count). The van der Waals surface area contributed by atoms with Crippen LogP contribution < -0.4 is 15.1 Å². The number of phenolic OH excluding ortho intramolecular Hbond substituents is 1. The number of benzene rings is 3. The average Bonchev–Trinajstić information content (AvgIpc) is 3.52. The number of aryl methyl sites for hydroxylation is 1. The fraction of sp³-hybridized carbons (Fsp3) is 0.533. The Bertz CT molecular complexity index is 1840. The molecule has 0 radical (unpaired) electrons. The highest BCUT2D eigenvalue weighted by atomic mass is 16.3. The number of hydrogen-bond donors (Lipinski definition) is 2. The van der Waals surface area contributed by atoms with E-state index in [0.717, 1.165) is 69.4 Å². The number of carbonyl (C=O) groups is 3. The van der Waals surface area contributed by atoms with E-state index in [1.807, 2.05) is 18.2 Å². The smallest absolute Gasteiger partial charge is 0.255 e. The molecule has 54 heavy (non-hydrogen) atoms. The molecular weight excluding hydrogens is 675 g/mol. The van der Waals surface area contributed by atoms with E-state index in [1.165, 1.54) is 60.9 Å². The predicted molar refractivity (Wildman–Crippen MR) is 213 cm³/mol. The minimum absolute atomic E-state index is 0.117. The van der Waals surface area contributed by atoms with Crippen molar-refractivity contribution in [3.63, 3.8) is 0 Å². The van der Waals surface area contributed by atoms with Crippen LogP contribution >= 0.6 is 0 Å². The second-order valence-electron chi connectivity index (χ2n) is 16.6. The van der Waals surface area contributed by atoms with Crippen molar-refractivity contribution in [2.24, 2.45) is 17.8 Å². The quantitative estimate of drug-likeness (QED) is 0.224. The van der Waals surface area contributed by atoms with Crippen molar-refractivity contribution in [2.75, 3.05) is 55.6 Å². The van der Waals surface area contributed by atoms with Crippen LogP contribution in [0.5, 0.6) is 5.75 Å². The summed E-state index contributed by atoms with van der Waals surface area (Å²) in [5.41, 5.74) is 8.24. The number of amides is 3. The molecule has 3 atom stereocenters. The van der Waals surface area contributed by atoms with E-state index >= 15 is 0 Å². The van der Waals surface area contributed by atoms with Gasteiger partial charge in [-0.25, -0.2) is 0 Å². The first-order valence-electron chi connectivity index (χ1n) is 20.7. The summed E-state index contributed by atoms with van der Waals surface area (Å²) in [6.45, 7) is 12.4. The Kier molecular flexibility index (Phi) is 10.7. The number of rotatable bonds is 10. The lowest BCUT2D eigenvalue weighted by Gasteiger charge is -2.40. The molecule has 286 valence electrons. The SMILES string of the molecule is CCC(CC)CC1CCc2cc(O)ccc2C1c1ccc(N2CCC(CN3CCN(c4ccc5c(c4)CN(C4CCC(=O)NC4=O)C5=O)CC3)CC2)cc1. The van der Waals surface area contributed by atoms with E-state index in [9.17, 15) is 19.5 Å². The van der Waals surface area contributed by atoms with Gasteiger partial charge in [-0.2, -0.15) is 0 Å². The lowest BCUT2D eigenvalue weighted by atomic mass is 9.68. The molecule has 0 spiro atoms. The van der Waals surface area contributed by atoms with Gasteiger partial charge in [0.05, 0.1) is 0 Å². The summed E-state index contributed by atoms with van der Waals surface area (Å²) in [4.78, 5) is 46.5. The first-order chi connectivity index (χ1) is 26.3. The van der Waals surface area contributed by atoms with Gasteiger partial charge < -0.3 is 19.8 Å². The number of hydrogen-bond acceptors (Lipinski definition) is 7. The maximum absolute atomic E-state index is 13.2. The summed E-state index contributed by atoms with van der Waals surface area (Å²) in [6, 6.07) is 21.1. The van der Waals surface area contributed by atoms with Crippen LogP contribution in [0.3, 0.4) is 0 Å². The van der Waals surface area contributed by atoms with Gasteiger partial charge in [0.25, 0.3) is 5.91 Å². The summed E-state index contributed by atoms with van der Waals surface area (Å²) in [7, 11) is 0. The summed E-state index contributed by atoms with van der Waals surface area (Å²) in [5.74, 6) is 2.12. The van der Waals surface area contributed by atoms with Gasteiger partial charge in [0, 0.05) is 81.6 Å². The molecule has 3 aromatic rings. The van der Waals surface area contributed by atoms with Crippen LogP contribution in [-0.4, -0.2) is 84.5 Å². The van der Waals surface area contributed by atoms with Gasteiger partial charge in [0.2, 0.25) is 11.8 Å². The molecule has 0 bridgehead atoms. The molecule has 3 aromatic carbocycles. The molecule has 9 nitrogen and oxygen atoms in total. The largest absolute Gasteiger partial charge is 0.508 e. The molecule has 3 saturated heterocycles. The van der Waals surface area contributed by atoms with Crippen LogP contribution in [0.4, 0.5) is 11.4 Å². The standard InChI is InChI=1S/C45H57N5O4/c1-3-30(4-2)25-34-6-5-33-27-38(51)12-14-39(33)43(34)32-7-9-36(10-8-32)48-19-17-31(18-20-48)28-47-21-23-49(24-22-47)37-11-13-40-35(26-37)29-50(45(40)54)41-15-16-42(52)46-44(41)53/h7-14,26-27,30-31,34,41,43,51H,3-6,15-25,28-29H2,1-2H3,(H,46,52,53). The number of anilines is 2. The number of piperidine rings is 2. The first kappa shape index (κ1) is 36.6. The highest BCUT2D eigenvalue weighted by Gasteiger charge is 2.39. The topological polar surface area (TPSA) is 96.4 Å². The number of fused-ring (bicyclic) bond motifs is 2. The number of imide groups is 1. The average molecular weight is 732 g/mol. The third-order valence-corrected chi connectivity index (χ3v) is 13.5. The molecule has 3 fully saturated rings. The maximum atomic E-state index is 13.2. The van der Waals surface area contributed by atoms with Gasteiger partial charge in [-0.05, 0) is 121 Å². The van der Waals surface area contributed by atoms with Crippen LogP contribution in [0.15, 0.2) is 60.7 Å². The zero-order valence-corrected chi connectivity index (χ0v) is 32.1. The van der Waals surface area contributed by atoms with Crippen molar-refractivity contribution in [2.45, 2.75) is 90.1 Å². The zero-order valence-electron chi connectivity index (χ0n) is 32.1. The number of carbonyl (C=O) groups excluding carboxylic acids is 3. The lowest BCUT2D eigenvalue weighted by Crippen LogP contribution is -2.52. The fourth-order valence-electron chi connectivity index (χ4n) is 10.2. The summed E-state index contributed by atoms with van der Waals surface area (Å²) < 4.78 is 0. The van der Waals surface area contributed by atoms with Gasteiger partial charge in [-0.15, -0.1) is 0 Å². The molecule has 0 saturated carbocycles. The predicted octanol–water partition coefficient (Wildman–Crippen LogP) is 6.71. The maximum Gasteiger partial charge on any atom is 0.255 e. The second-order valence-corrected chi connectivity index (χ2v) is 16.6. The van der Waals surface area contributed by atoms with Crippen molar-refractivity contribution in [3.8, 4) is 5.75 Å². The molecule has 4 aliphatic heterocycles. The summed E-state index contributed by atoms with van der Waals surface area (Å²) in [6.07, 6.45) is 9.06. The minimum Gasteiger partial charge on any atom is -0.508 e. The number of piperazine rings is 1. The van der Waals surface area contributed by atoms with Crippen LogP contribution in [0.2, 0.25) is 0 Å².